The quantitative estimate of drug-likeness (QED) is 0.587. The van der Waals surface area contributed by atoms with Crippen molar-refractivity contribution in [2.45, 2.75) is 50.8 Å². The van der Waals surface area contributed by atoms with Crippen LogP contribution in [0.1, 0.15) is 31.7 Å². The van der Waals surface area contributed by atoms with E-state index < -0.39 is 34.1 Å². The number of carbonyl (C=O) groups excluding carboxylic acids is 1. The Kier molecular flexibility index (Phi) is 6.62. The number of ether oxygens (including phenoxy) is 1. The summed E-state index contributed by atoms with van der Waals surface area (Å²) in [6.45, 7) is 2.50. The van der Waals surface area contributed by atoms with Gasteiger partial charge in [0.1, 0.15) is 11.9 Å². The number of nitrogens with one attached hydrogen (secondary N) is 1. The van der Waals surface area contributed by atoms with E-state index in [1.807, 2.05) is 36.4 Å². The van der Waals surface area contributed by atoms with Crippen molar-refractivity contribution in [2.75, 3.05) is 18.9 Å². The van der Waals surface area contributed by atoms with Crippen molar-refractivity contribution in [1.82, 2.24) is 9.62 Å². The first-order chi connectivity index (χ1) is 17.2. The molecule has 1 amide bonds. The van der Waals surface area contributed by atoms with E-state index in [0.717, 1.165) is 18.4 Å². The van der Waals surface area contributed by atoms with Crippen molar-refractivity contribution in [1.29, 1.82) is 5.26 Å². The van der Waals surface area contributed by atoms with Crippen LogP contribution in [0.2, 0.25) is 0 Å². The number of sulfonamides is 1. The number of hydrogen-bond donors (Lipinski definition) is 1. The summed E-state index contributed by atoms with van der Waals surface area (Å²) in [5, 5.41) is 9.13. The fourth-order valence-electron chi connectivity index (χ4n) is 5.47. The summed E-state index contributed by atoms with van der Waals surface area (Å²) in [7, 11) is -3.79. The van der Waals surface area contributed by atoms with Crippen molar-refractivity contribution >= 4 is 15.9 Å². The summed E-state index contributed by atoms with van der Waals surface area (Å²) in [5.74, 6) is -1.52. The average molecular weight is 512 g/mol. The van der Waals surface area contributed by atoms with Crippen LogP contribution >= 0.6 is 0 Å². The molecule has 2 heterocycles. The van der Waals surface area contributed by atoms with E-state index in [4.69, 9.17) is 10.00 Å². The normalized spacial score (nSPS) is 25.2. The third-order valence-electron chi connectivity index (χ3n) is 7.67. The average Bonchev–Trinajstić information content (AvgIpc) is 3.54. The highest BCUT2D eigenvalue weighted by Crippen LogP contribution is 2.56. The molecule has 2 unspecified atom stereocenters. The Hall–Kier alpha value is -2.80. The minimum atomic E-state index is -3.79. The molecule has 2 saturated heterocycles. The SMILES string of the molecule is CC(C#N)CS(=O)(=O)N[C@@H]1[C@H](Cc2cccc(-c3ccccc3)c2F)N(C(=O)C2CCO2)CC12CC2. The Labute approximate surface area is 211 Å². The Bertz CT molecular complexity index is 1290. The highest BCUT2D eigenvalue weighted by molar-refractivity contribution is 7.89. The second-order valence-electron chi connectivity index (χ2n) is 10.3. The van der Waals surface area contributed by atoms with Gasteiger partial charge in [-0.3, -0.25) is 4.79 Å². The van der Waals surface area contributed by atoms with Gasteiger partial charge in [0, 0.05) is 30.0 Å². The number of hydrogen-bond acceptors (Lipinski definition) is 5. The third kappa shape index (κ3) is 4.77. The predicted molar refractivity (Wildman–Crippen MR) is 133 cm³/mol. The maximum absolute atomic E-state index is 15.8. The van der Waals surface area contributed by atoms with Crippen molar-refractivity contribution in [2.24, 2.45) is 11.3 Å². The van der Waals surface area contributed by atoms with E-state index in [0.29, 0.717) is 30.7 Å². The molecular weight excluding hydrogens is 481 g/mol. The molecule has 1 N–H and O–H groups in total. The maximum atomic E-state index is 15.8. The number of rotatable bonds is 8. The lowest BCUT2D eigenvalue weighted by molar-refractivity contribution is -0.157. The van der Waals surface area contributed by atoms with Gasteiger partial charge in [-0.05, 0) is 37.3 Å². The zero-order valence-corrected chi connectivity index (χ0v) is 21.0. The first-order valence-corrected chi connectivity index (χ1v) is 14.0. The molecule has 1 saturated carbocycles. The van der Waals surface area contributed by atoms with Crippen molar-refractivity contribution in [3.8, 4) is 17.2 Å². The highest BCUT2D eigenvalue weighted by atomic mass is 32.2. The summed E-state index contributed by atoms with van der Waals surface area (Å²) in [4.78, 5) is 15.1. The summed E-state index contributed by atoms with van der Waals surface area (Å²) < 4.78 is 50.0. The van der Waals surface area contributed by atoms with Crippen LogP contribution in [0, 0.1) is 28.5 Å². The summed E-state index contributed by atoms with van der Waals surface area (Å²) in [5.41, 5.74) is 1.27. The number of benzene rings is 2. The minimum Gasteiger partial charge on any atom is -0.368 e. The molecular formula is C27H30FN3O4S. The van der Waals surface area contributed by atoms with Crippen LogP contribution in [0.3, 0.4) is 0 Å². The van der Waals surface area contributed by atoms with E-state index in [-0.39, 0.29) is 29.3 Å². The number of nitriles is 1. The minimum absolute atomic E-state index is 0.163. The molecule has 190 valence electrons. The van der Waals surface area contributed by atoms with Gasteiger partial charge in [-0.2, -0.15) is 5.26 Å². The molecule has 1 spiro atoms. The molecule has 4 atom stereocenters. The molecule has 3 aliphatic rings. The molecule has 7 nitrogen and oxygen atoms in total. The van der Waals surface area contributed by atoms with Crippen LogP contribution < -0.4 is 4.72 Å². The van der Waals surface area contributed by atoms with Crippen LogP contribution in [-0.4, -0.2) is 56.3 Å². The lowest BCUT2D eigenvalue weighted by atomic mass is 9.91. The monoisotopic (exact) mass is 511 g/mol. The van der Waals surface area contributed by atoms with Gasteiger partial charge in [0.25, 0.3) is 5.91 Å². The van der Waals surface area contributed by atoms with Crippen LogP contribution in [-0.2, 0) is 26.0 Å². The van der Waals surface area contributed by atoms with Gasteiger partial charge >= 0.3 is 0 Å². The fourth-order valence-corrected chi connectivity index (χ4v) is 7.10. The Morgan fingerprint density at radius 3 is 2.58 bits per heavy atom. The molecule has 36 heavy (non-hydrogen) atoms. The predicted octanol–water partition coefficient (Wildman–Crippen LogP) is 3.26. The number of carbonyl (C=O) groups is 1. The molecule has 2 aromatic carbocycles. The molecule has 5 rings (SSSR count). The number of nitrogens with zero attached hydrogens (tertiary/aromatic N) is 2. The van der Waals surface area contributed by atoms with E-state index in [9.17, 15) is 13.2 Å². The smallest absolute Gasteiger partial charge is 0.252 e. The third-order valence-corrected chi connectivity index (χ3v) is 9.22. The highest BCUT2D eigenvalue weighted by Gasteiger charge is 2.62. The molecule has 0 radical (unpaired) electrons. The summed E-state index contributed by atoms with van der Waals surface area (Å²) in [6.07, 6.45) is 1.84. The Morgan fingerprint density at radius 1 is 1.25 bits per heavy atom. The molecule has 2 aromatic rings. The Balaban J connectivity index is 1.49. The molecule has 0 bridgehead atoms. The number of amides is 1. The van der Waals surface area contributed by atoms with Crippen LogP contribution in [0.15, 0.2) is 48.5 Å². The van der Waals surface area contributed by atoms with Crippen LogP contribution in [0.5, 0.6) is 0 Å². The topological polar surface area (TPSA) is 99.5 Å². The van der Waals surface area contributed by atoms with E-state index in [2.05, 4.69) is 4.72 Å². The zero-order valence-electron chi connectivity index (χ0n) is 20.2. The van der Waals surface area contributed by atoms with Crippen LogP contribution in [0.25, 0.3) is 11.1 Å². The fraction of sp³-hybridized carbons (Fsp3) is 0.481. The standard InChI is InChI=1S/C27H30FN3O4S/c1-18(15-29)16-36(33,34)30-25-22(31(17-27(25)11-12-27)26(32)23-10-13-35-23)14-20-8-5-9-21(24(20)28)19-6-3-2-4-7-19/h2-9,18,22-23,25,30H,10-14,16-17H2,1H3/t18?,22-,23?,25+/m0/s1. The van der Waals surface area contributed by atoms with Gasteiger partial charge < -0.3 is 9.64 Å². The molecule has 3 fully saturated rings. The second-order valence-corrected chi connectivity index (χ2v) is 12.1. The largest absolute Gasteiger partial charge is 0.368 e. The lowest BCUT2D eigenvalue weighted by Gasteiger charge is -2.34. The number of likely N-dealkylation sites (tertiary alicyclic amines) is 1. The van der Waals surface area contributed by atoms with E-state index in [1.165, 1.54) is 0 Å². The first kappa shape index (κ1) is 24.9. The molecule has 9 heteroatoms. The van der Waals surface area contributed by atoms with E-state index >= 15 is 4.39 Å². The maximum Gasteiger partial charge on any atom is 0.252 e. The van der Waals surface area contributed by atoms with Gasteiger partial charge in [-0.1, -0.05) is 48.5 Å². The van der Waals surface area contributed by atoms with Crippen LogP contribution in [0.4, 0.5) is 4.39 Å². The van der Waals surface area contributed by atoms with Crippen molar-refractivity contribution in [3.05, 3.63) is 59.9 Å². The van der Waals surface area contributed by atoms with Gasteiger partial charge in [0.15, 0.2) is 0 Å². The lowest BCUT2D eigenvalue weighted by Crippen LogP contribution is -2.53. The summed E-state index contributed by atoms with van der Waals surface area (Å²) >= 11 is 0. The van der Waals surface area contributed by atoms with Crippen molar-refractivity contribution in [3.63, 3.8) is 0 Å². The molecule has 2 aliphatic heterocycles. The first-order valence-electron chi connectivity index (χ1n) is 12.4. The van der Waals surface area contributed by atoms with Gasteiger partial charge in [0.05, 0.1) is 30.4 Å². The van der Waals surface area contributed by atoms with Crippen molar-refractivity contribution < 1.29 is 22.3 Å². The van der Waals surface area contributed by atoms with Gasteiger partial charge in [-0.15, -0.1) is 0 Å². The van der Waals surface area contributed by atoms with E-state index in [1.54, 1.807) is 30.0 Å². The molecule has 1 aliphatic carbocycles. The Morgan fingerprint density at radius 2 is 1.97 bits per heavy atom. The number of halogens is 1. The summed E-state index contributed by atoms with van der Waals surface area (Å²) in [6, 6.07) is 15.3. The van der Waals surface area contributed by atoms with Gasteiger partial charge in [-0.25, -0.2) is 17.5 Å². The zero-order chi connectivity index (χ0) is 25.5. The van der Waals surface area contributed by atoms with Gasteiger partial charge in [0.2, 0.25) is 10.0 Å². The molecule has 0 aromatic heterocycles. The second kappa shape index (κ2) is 9.58.